The highest BCUT2D eigenvalue weighted by Crippen LogP contribution is 2.21. The van der Waals surface area contributed by atoms with Crippen LogP contribution in [-0.4, -0.2) is 44.9 Å². The van der Waals surface area contributed by atoms with E-state index in [9.17, 15) is 18.7 Å². The number of amides is 1. The number of nitrogens with zero attached hydrogens (tertiary/aromatic N) is 3. The number of aliphatic hydroxyl groups excluding tert-OH is 1. The van der Waals surface area contributed by atoms with Gasteiger partial charge in [-0.1, -0.05) is 6.07 Å². The number of para-hydroxylation sites is 1. The highest BCUT2D eigenvalue weighted by molar-refractivity contribution is 5.92. The van der Waals surface area contributed by atoms with Gasteiger partial charge in [0.2, 0.25) is 0 Å². The third kappa shape index (κ3) is 2.48. The van der Waals surface area contributed by atoms with Crippen LogP contribution in [-0.2, 0) is 0 Å². The van der Waals surface area contributed by atoms with Gasteiger partial charge in [0.15, 0.2) is 17.3 Å². The molecule has 1 aromatic heterocycles. The van der Waals surface area contributed by atoms with E-state index in [1.165, 1.54) is 18.3 Å². The van der Waals surface area contributed by atoms with E-state index in [-0.39, 0.29) is 29.9 Å². The number of likely N-dealkylation sites (tertiary alicyclic amines) is 1. The second-order valence-electron chi connectivity index (χ2n) is 5.19. The normalized spacial score (nSPS) is 18.0. The van der Waals surface area contributed by atoms with E-state index >= 15 is 0 Å². The van der Waals surface area contributed by atoms with E-state index in [1.807, 2.05) is 0 Å². The third-order valence-corrected chi connectivity index (χ3v) is 3.82. The molecule has 1 aromatic carbocycles. The van der Waals surface area contributed by atoms with Gasteiger partial charge in [-0.15, -0.1) is 0 Å². The minimum atomic E-state index is -0.753. The summed E-state index contributed by atoms with van der Waals surface area (Å²) in [4.78, 5) is 13.9. The van der Waals surface area contributed by atoms with Crippen molar-refractivity contribution in [1.82, 2.24) is 14.7 Å². The molecular formula is C15H15F2N3O2. The topological polar surface area (TPSA) is 58.4 Å². The maximum absolute atomic E-state index is 13.7. The van der Waals surface area contributed by atoms with Gasteiger partial charge in [-0.25, -0.2) is 13.5 Å². The van der Waals surface area contributed by atoms with Crippen LogP contribution in [0.15, 0.2) is 30.5 Å². The van der Waals surface area contributed by atoms with Gasteiger partial charge >= 0.3 is 0 Å². The minimum Gasteiger partial charge on any atom is -0.394 e. The minimum absolute atomic E-state index is 0.100. The lowest BCUT2D eigenvalue weighted by atomic mass is 10.2. The van der Waals surface area contributed by atoms with Crippen molar-refractivity contribution in [3.05, 3.63) is 47.8 Å². The Morgan fingerprint density at radius 2 is 2.05 bits per heavy atom. The number of aromatic nitrogens is 2. The van der Waals surface area contributed by atoms with Crippen molar-refractivity contribution >= 4 is 5.91 Å². The number of benzene rings is 1. The first-order chi connectivity index (χ1) is 10.6. The molecule has 0 spiro atoms. The average molecular weight is 307 g/mol. The van der Waals surface area contributed by atoms with E-state index in [1.54, 1.807) is 4.90 Å². The summed E-state index contributed by atoms with van der Waals surface area (Å²) in [5, 5.41) is 13.2. The molecule has 1 saturated heterocycles. The lowest BCUT2D eigenvalue weighted by Gasteiger charge is -2.21. The van der Waals surface area contributed by atoms with Crippen molar-refractivity contribution in [2.24, 2.45) is 0 Å². The highest BCUT2D eigenvalue weighted by Gasteiger charge is 2.30. The molecule has 22 heavy (non-hydrogen) atoms. The van der Waals surface area contributed by atoms with E-state index in [4.69, 9.17) is 0 Å². The number of carbonyl (C=O) groups is 1. The number of rotatable bonds is 3. The van der Waals surface area contributed by atoms with Crippen molar-refractivity contribution in [1.29, 1.82) is 0 Å². The summed E-state index contributed by atoms with van der Waals surface area (Å²) < 4.78 is 28.5. The van der Waals surface area contributed by atoms with Gasteiger partial charge in [0.05, 0.1) is 12.6 Å². The summed E-state index contributed by atoms with van der Waals surface area (Å²) in [5.41, 5.74) is -0.218. The number of hydrogen-bond acceptors (Lipinski definition) is 3. The SMILES string of the molecule is O=C(c1ccn(-c2c(F)cccc2F)n1)N1CCCC1CO. The van der Waals surface area contributed by atoms with E-state index in [2.05, 4.69) is 5.10 Å². The molecule has 0 radical (unpaired) electrons. The number of carbonyl (C=O) groups excluding carboxylic acids is 1. The molecule has 1 aliphatic heterocycles. The Balaban J connectivity index is 1.89. The zero-order valence-electron chi connectivity index (χ0n) is 11.7. The van der Waals surface area contributed by atoms with Crippen LogP contribution in [0.2, 0.25) is 0 Å². The molecule has 1 fully saturated rings. The second-order valence-corrected chi connectivity index (χ2v) is 5.19. The second kappa shape index (κ2) is 5.84. The van der Waals surface area contributed by atoms with Gasteiger partial charge in [0, 0.05) is 12.7 Å². The van der Waals surface area contributed by atoms with Crippen LogP contribution in [0, 0.1) is 11.6 Å². The predicted molar refractivity (Wildman–Crippen MR) is 74.6 cm³/mol. The Hall–Kier alpha value is -2.28. The zero-order chi connectivity index (χ0) is 15.7. The Bertz CT molecular complexity index is 682. The first kappa shape index (κ1) is 14.6. The lowest BCUT2D eigenvalue weighted by molar-refractivity contribution is 0.0671. The maximum Gasteiger partial charge on any atom is 0.274 e. The van der Waals surface area contributed by atoms with Gasteiger partial charge in [-0.05, 0) is 31.0 Å². The summed E-state index contributed by atoms with van der Waals surface area (Å²) in [6, 6.07) is 4.72. The Morgan fingerprint density at radius 3 is 2.73 bits per heavy atom. The molecule has 1 amide bonds. The van der Waals surface area contributed by atoms with Crippen LogP contribution in [0.5, 0.6) is 0 Å². The summed E-state index contributed by atoms with van der Waals surface area (Å²) in [7, 11) is 0. The van der Waals surface area contributed by atoms with Gasteiger partial charge in [-0.2, -0.15) is 5.10 Å². The van der Waals surface area contributed by atoms with E-state index < -0.39 is 11.6 Å². The molecule has 1 unspecified atom stereocenters. The smallest absolute Gasteiger partial charge is 0.274 e. The molecule has 5 nitrogen and oxygen atoms in total. The average Bonchev–Trinajstić information content (AvgIpc) is 3.15. The molecule has 0 bridgehead atoms. The largest absolute Gasteiger partial charge is 0.394 e. The van der Waals surface area contributed by atoms with Crippen molar-refractivity contribution in [3.63, 3.8) is 0 Å². The van der Waals surface area contributed by atoms with Crippen molar-refractivity contribution in [3.8, 4) is 5.69 Å². The summed E-state index contributed by atoms with van der Waals surface area (Å²) in [6.45, 7) is 0.444. The summed E-state index contributed by atoms with van der Waals surface area (Å²) >= 11 is 0. The van der Waals surface area contributed by atoms with E-state index in [0.29, 0.717) is 6.54 Å². The third-order valence-electron chi connectivity index (χ3n) is 3.82. The fourth-order valence-corrected chi connectivity index (χ4v) is 2.71. The van der Waals surface area contributed by atoms with Gasteiger partial charge < -0.3 is 10.0 Å². The fraction of sp³-hybridized carbons (Fsp3) is 0.333. The monoisotopic (exact) mass is 307 g/mol. The van der Waals surface area contributed by atoms with Crippen LogP contribution in [0.3, 0.4) is 0 Å². The molecule has 1 aliphatic rings. The molecule has 3 rings (SSSR count). The van der Waals surface area contributed by atoms with Crippen molar-refractivity contribution in [2.45, 2.75) is 18.9 Å². The molecule has 1 atom stereocenters. The summed E-state index contributed by atoms with van der Waals surface area (Å²) in [6.07, 6.45) is 2.91. The van der Waals surface area contributed by atoms with Gasteiger partial charge in [-0.3, -0.25) is 4.79 Å². The van der Waals surface area contributed by atoms with Crippen molar-refractivity contribution in [2.75, 3.05) is 13.2 Å². The zero-order valence-corrected chi connectivity index (χ0v) is 11.7. The lowest BCUT2D eigenvalue weighted by Crippen LogP contribution is -2.37. The summed E-state index contributed by atoms with van der Waals surface area (Å²) in [5.74, 6) is -1.85. The number of halogens is 2. The van der Waals surface area contributed by atoms with Crippen LogP contribution in [0.4, 0.5) is 8.78 Å². The Kier molecular flexibility index (Phi) is 3.89. The van der Waals surface area contributed by atoms with Crippen LogP contribution >= 0.6 is 0 Å². The van der Waals surface area contributed by atoms with E-state index in [0.717, 1.165) is 29.7 Å². The van der Waals surface area contributed by atoms with Gasteiger partial charge in [0.25, 0.3) is 5.91 Å². The fourth-order valence-electron chi connectivity index (χ4n) is 2.71. The standard InChI is InChI=1S/C15H15F2N3O2/c16-11-4-1-5-12(17)14(11)20-8-6-13(18-20)15(22)19-7-2-3-10(19)9-21/h1,4-6,8,10,21H,2-3,7,9H2. The van der Waals surface area contributed by atoms with Gasteiger partial charge in [0.1, 0.15) is 5.69 Å². The van der Waals surface area contributed by atoms with Crippen LogP contribution in [0.1, 0.15) is 23.3 Å². The first-order valence-electron chi connectivity index (χ1n) is 7.03. The maximum atomic E-state index is 13.7. The molecular weight excluding hydrogens is 292 g/mol. The predicted octanol–water partition coefficient (Wildman–Crippen LogP) is 1.75. The first-order valence-corrected chi connectivity index (χ1v) is 7.03. The molecule has 0 saturated carbocycles. The molecule has 7 heteroatoms. The highest BCUT2D eigenvalue weighted by atomic mass is 19.1. The van der Waals surface area contributed by atoms with Crippen LogP contribution < -0.4 is 0 Å². The quantitative estimate of drug-likeness (QED) is 0.940. The Labute approximate surface area is 125 Å². The number of hydrogen-bond donors (Lipinski definition) is 1. The molecule has 1 N–H and O–H groups in total. The number of aliphatic hydroxyl groups is 1. The molecule has 2 heterocycles. The Morgan fingerprint density at radius 1 is 1.32 bits per heavy atom. The molecule has 0 aliphatic carbocycles. The molecule has 116 valence electrons. The van der Waals surface area contributed by atoms with Crippen LogP contribution in [0.25, 0.3) is 5.69 Å². The molecule has 2 aromatic rings. The van der Waals surface area contributed by atoms with Crippen molar-refractivity contribution < 1.29 is 18.7 Å².